The normalized spacial score (nSPS) is 29.4. The van der Waals surface area contributed by atoms with Crippen LogP contribution in [-0.2, 0) is 19.6 Å². The molecule has 1 aliphatic carbocycles. The van der Waals surface area contributed by atoms with Crippen LogP contribution in [-0.4, -0.2) is 51.4 Å². The van der Waals surface area contributed by atoms with Crippen LogP contribution in [0.1, 0.15) is 38.5 Å². The van der Waals surface area contributed by atoms with Crippen LogP contribution in [0.25, 0.3) is 0 Å². The standard InChI is InChI=1S/C20H27N3O4S/c1-27-16-10-8-14(9-11-16)20(24)23-12-4-5-15(13-23)19-21-17-6-2-3-7-18(17)28(25,26)22-19/h2-3,6-7,14-16H,4-5,8-13H2,1H3,(H,21,22)/t14?,15-,16?/m1/s1. The van der Waals surface area contributed by atoms with Gasteiger partial charge in [0.05, 0.1) is 11.8 Å². The molecule has 1 amide bonds. The fourth-order valence-electron chi connectivity index (χ4n) is 4.52. The Morgan fingerprint density at radius 2 is 1.93 bits per heavy atom. The number of amidine groups is 1. The molecule has 28 heavy (non-hydrogen) atoms. The number of para-hydroxylation sites is 1. The van der Waals surface area contributed by atoms with Crippen molar-refractivity contribution >= 4 is 27.5 Å². The number of methoxy groups -OCH3 is 1. The van der Waals surface area contributed by atoms with Crippen molar-refractivity contribution in [2.45, 2.75) is 49.5 Å². The van der Waals surface area contributed by atoms with E-state index >= 15 is 0 Å². The van der Waals surface area contributed by atoms with E-state index < -0.39 is 10.0 Å². The molecule has 2 aliphatic heterocycles. The second-order valence-corrected chi connectivity index (χ2v) is 9.48. The Morgan fingerprint density at radius 3 is 2.68 bits per heavy atom. The summed E-state index contributed by atoms with van der Waals surface area (Å²) in [4.78, 5) is 15.1. The minimum atomic E-state index is -3.70. The number of hydrogen-bond donors (Lipinski definition) is 1. The quantitative estimate of drug-likeness (QED) is 0.835. The number of sulfonamides is 1. The van der Waals surface area contributed by atoms with Crippen molar-refractivity contribution in [3.05, 3.63) is 24.3 Å². The second-order valence-electron chi connectivity index (χ2n) is 7.91. The Hall–Kier alpha value is -1.93. The van der Waals surface area contributed by atoms with Gasteiger partial charge in [-0.25, -0.2) is 0 Å². The van der Waals surface area contributed by atoms with Gasteiger partial charge in [0.25, 0.3) is 10.0 Å². The third-order valence-corrected chi connectivity index (χ3v) is 7.47. The Labute approximate surface area is 166 Å². The molecular weight excluding hydrogens is 378 g/mol. The lowest BCUT2D eigenvalue weighted by Crippen LogP contribution is -2.47. The van der Waals surface area contributed by atoms with Crippen molar-refractivity contribution < 1.29 is 17.9 Å². The third-order valence-electron chi connectivity index (χ3n) is 6.12. The highest BCUT2D eigenvalue weighted by atomic mass is 32.2. The van der Waals surface area contributed by atoms with Gasteiger partial charge in [0.2, 0.25) is 5.91 Å². The van der Waals surface area contributed by atoms with Gasteiger partial charge >= 0.3 is 0 Å². The first kappa shape index (κ1) is 19.4. The number of likely N-dealkylation sites (tertiary alicyclic amines) is 1. The fourth-order valence-corrected chi connectivity index (χ4v) is 5.71. The number of amides is 1. The van der Waals surface area contributed by atoms with Crippen molar-refractivity contribution in [1.29, 1.82) is 0 Å². The number of carbonyl (C=O) groups is 1. The van der Waals surface area contributed by atoms with E-state index in [9.17, 15) is 13.2 Å². The molecule has 0 radical (unpaired) electrons. The van der Waals surface area contributed by atoms with Crippen LogP contribution in [0.3, 0.4) is 0 Å². The van der Waals surface area contributed by atoms with Crippen LogP contribution in [0.5, 0.6) is 0 Å². The topological polar surface area (TPSA) is 88.1 Å². The summed E-state index contributed by atoms with van der Waals surface area (Å²) >= 11 is 0. The minimum Gasteiger partial charge on any atom is -0.381 e. The maximum atomic E-state index is 13.0. The molecule has 1 saturated heterocycles. The molecule has 0 bridgehead atoms. The summed E-state index contributed by atoms with van der Waals surface area (Å²) in [7, 11) is -1.97. The number of benzene rings is 1. The largest absolute Gasteiger partial charge is 0.381 e. The third kappa shape index (κ3) is 3.80. The molecule has 1 N–H and O–H groups in total. The maximum Gasteiger partial charge on any atom is 0.286 e. The lowest BCUT2D eigenvalue weighted by molar-refractivity contribution is -0.138. The lowest BCUT2D eigenvalue weighted by atomic mass is 9.85. The molecule has 2 heterocycles. The zero-order chi connectivity index (χ0) is 19.7. The van der Waals surface area contributed by atoms with Crippen LogP contribution in [0.2, 0.25) is 0 Å². The van der Waals surface area contributed by atoms with E-state index in [4.69, 9.17) is 4.74 Å². The van der Waals surface area contributed by atoms with Crippen molar-refractivity contribution in [2.24, 2.45) is 16.2 Å². The van der Waals surface area contributed by atoms with Gasteiger partial charge in [0.1, 0.15) is 10.7 Å². The predicted octanol–water partition coefficient (Wildman–Crippen LogP) is 2.64. The monoisotopic (exact) mass is 405 g/mol. The minimum absolute atomic E-state index is 0.0517. The smallest absolute Gasteiger partial charge is 0.286 e. The van der Waals surface area contributed by atoms with Crippen LogP contribution in [0.15, 0.2) is 33.6 Å². The van der Waals surface area contributed by atoms with E-state index in [0.717, 1.165) is 45.1 Å². The van der Waals surface area contributed by atoms with Gasteiger partial charge in [-0.15, -0.1) is 4.40 Å². The fraction of sp³-hybridized carbons (Fsp3) is 0.600. The second kappa shape index (κ2) is 7.83. The number of carbonyl (C=O) groups excluding carboxylic acids is 1. The first-order valence-electron chi connectivity index (χ1n) is 10.0. The molecule has 0 spiro atoms. The van der Waals surface area contributed by atoms with Crippen LogP contribution >= 0.6 is 0 Å². The first-order chi connectivity index (χ1) is 13.5. The van der Waals surface area contributed by atoms with Gasteiger partial charge in [0, 0.05) is 32.0 Å². The summed E-state index contributed by atoms with van der Waals surface area (Å²) in [6, 6.07) is 6.81. The van der Waals surface area contributed by atoms with E-state index in [0.29, 0.717) is 18.1 Å². The van der Waals surface area contributed by atoms with Crippen LogP contribution < -0.4 is 5.32 Å². The van der Waals surface area contributed by atoms with Crippen molar-refractivity contribution in [3.8, 4) is 0 Å². The highest BCUT2D eigenvalue weighted by Gasteiger charge is 2.35. The maximum absolute atomic E-state index is 13.0. The number of ether oxygens (including phenoxy) is 1. The van der Waals surface area contributed by atoms with Gasteiger partial charge in [-0.2, -0.15) is 8.42 Å². The molecule has 1 atom stereocenters. The zero-order valence-corrected chi connectivity index (χ0v) is 17.0. The molecule has 8 heteroatoms. The van der Waals surface area contributed by atoms with Crippen molar-refractivity contribution in [3.63, 3.8) is 0 Å². The number of rotatable bonds is 3. The average Bonchev–Trinajstić information content (AvgIpc) is 2.73. The van der Waals surface area contributed by atoms with E-state index in [2.05, 4.69) is 9.71 Å². The summed E-state index contributed by atoms with van der Waals surface area (Å²) in [6.07, 6.45) is 5.51. The van der Waals surface area contributed by atoms with Gasteiger partial charge in [-0.3, -0.25) is 4.79 Å². The summed E-state index contributed by atoms with van der Waals surface area (Å²) in [5.74, 6) is 0.616. The van der Waals surface area contributed by atoms with Gasteiger partial charge in [0.15, 0.2) is 0 Å². The van der Waals surface area contributed by atoms with Gasteiger partial charge in [-0.1, -0.05) is 12.1 Å². The van der Waals surface area contributed by atoms with Crippen LogP contribution in [0.4, 0.5) is 5.69 Å². The van der Waals surface area contributed by atoms with E-state index in [1.165, 1.54) is 0 Å². The molecule has 4 rings (SSSR count). The highest BCUT2D eigenvalue weighted by molar-refractivity contribution is 7.90. The Kier molecular flexibility index (Phi) is 5.42. The molecule has 1 saturated carbocycles. The van der Waals surface area contributed by atoms with E-state index in [1.54, 1.807) is 31.4 Å². The number of nitrogens with zero attached hydrogens (tertiary/aromatic N) is 2. The van der Waals surface area contributed by atoms with Crippen molar-refractivity contribution in [2.75, 3.05) is 25.5 Å². The predicted molar refractivity (Wildman–Crippen MR) is 107 cm³/mol. The molecule has 1 aromatic carbocycles. The molecule has 2 fully saturated rings. The average molecular weight is 406 g/mol. The Bertz CT molecular complexity index is 875. The number of fused-ring (bicyclic) bond motifs is 1. The van der Waals surface area contributed by atoms with E-state index in [1.807, 2.05) is 4.90 Å². The molecule has 0 aromatic heterocycles. The molecule has 7 nitrogen and oxygen atoms in total. The molecule has 3 aliphatic rings. The summed E-state index contributed by atoms with van der Waals surface area (Å²) in [5.41, 5.74) is 0.564. The molecule has 0 unspecified atom stereocenters. The van der Waals surface area contributed by atoms with E-state index in [-0.39, 0.29) is 28.7 Å². The number of hydrogen-bond acceptors (Lipinski definition) is 5. The van der Waals surface area contributed by atoms with Crippen LogP contribution in [0, 0.1) is 11.8 Å². The Morgan fingerprint density at radius 1 is 1.18 bits per heavy atom. The molecule has 152 valence electrons. The van der Waals surface area contributed by atoms with Crippen molar-refractivity contribution in [1.82, 2.24) is 4.90 Å². The number of piperidine rings is 1. The molecule has 1 aromatic rings. The highest BCUT2D eigenvalue weighted by Crippen LogP contribution is 2.32. The number of anilines is 1. The van der Waals surface area contributed by atoms with Gasteiger partial charge < -0.3 is 15.0 Å². The summed E-state index contributed by atoms with van der Waals surface area (Å²) < 4.78 is 34.5. The lowest BCUT2D eigenvalue weighted by Gasteiger charge is -2.37. The summed E-state index contributed by atoms with van der Waals surface area (Å²) in [5, 5.41) is 3.19. The SMILES string of the molecule is COC1CCC(C(=O)N2CCC[C@@H](C3=NS(=O)(=O)c4ccccc4N3)C2)CC1. The van der Waals surface area contributed by atoms with Gasteiger partial charge in [-0.05, 0) is 50.7 Å². The number of nitrogens with one attached hydrogen (secondary N) is 1. The summed E-state index contributed by atoms with van der Waals surface area (Å²) in [6.45, 7) is 1.25. The molecular formula is C20H27N3O4S. The first-order valence-corrected chi connectivity index (χ1v) is 11.4. The Balaban J connectivity index is 1.46. The zero-order valence-electron chi connectivity index (χ0n) is 16.1.